The molecular weight excluding hydrogens is 342 g/mol. The molecule has 7 heteroatoms. The minimum Gasteiger partial charge on any atom is -0.355 e. The monoisotopic (exact) mass is 365 g/mol. The van der Waals surface area contributed by atoms with Gasteiger partial charge in [0.15, 0.2) is 0 Å². The summed E-state index contributed by atoms with van der Waals surface area (Å²) in [6, 6.07) is 14.1. The van der Waals surface area contributed by atoms with Crippen LogP contribution in [0.15, 0.2) is 64.4 Å². The lowest BCUT2D eigenvalue weighted by Gasteiger charge is -2.35. The van der Waals surface area contributed by atoms with Crippen LogP contribution in [0.4, 0.5) is 5.82 Å². The fourth-order valence-electron chi connectivity index (χ4n) is 3.40. The number of rotatable bonds is 4. The summed E-state index contributed by atoms with van der Waals surface area (Å²) in [6.07, 6.45) is 4.07. The molecule has 1 aromatic carbocycles. The largest absolute Gasteiger partial charge is 0.355 e. The molecule has 3 heterocycles. The van der Waals surface area contributed by atoms with E-state index in [1.165, 1.54) is 18.7 Å². The average Bonchev–Trinajstić information content (AvgIpc) is 3.22. The molecule has 0 bridgehead atoms. The van der Waals surface area contributed by atoms with Gasteiger partial charge in [-0.3, -0.25) is 19.2 Å². The van der Waals surface area contributed by atoms with Crippen molar-refractivity contribution in [2.45, 2.75) is 6.54 Å². The second-order valence-electron chi connectivity index (χ2n) is 6.88. The predicted molar refractivity (Wildman–Crippen MR) is 106 cm³/mol. The molecule has 0 atom stereocenters. The normalized spacial score (nSPS) is 15.2. The molecular formula is C20H23N5O2. The van der Waals surface area contributed by atoms with E-state index in [9.17, 15) is 9.59 Å². The number of anilines is 1. The molecule has 3 aromatic rings. The van der Waals surface area contributed by atoms with E-state index in [0.717, 1.165) is 43.0 Å². The quantitative estimate of drug-likeness (QED) is 0.754. The smallest absolute Gasteiger partial charge is 0.329 e. The van der Waals surface area contributed by atoms with Crippen LogP contribution >= 0.6 is 0 Å². The summed E-state index contributed by atoms with van der Waals surface area (Å²) < 4.78 is 3.17. The van der Waals surface area contributed by atoms with Crippen molar-refractivity contribution in [3.63, 3.8) is 0 Å². The van der Waals surface area contributed by atoms with Crippen molar-refractivity contribution in [2.24, 2.45) is 7.05 Å². The summed E-state index contributed by atoms with van der Waals surface area (Å²) >= 11 is 0. The lowest BCUT2D eigenvalue weighted by atomic mass is 10.1. The van der Waals surface area contributed by atoms with Crippen LogP contribution in [0.5, 0.6) is 0 Å². The van der Waals surface area contributed by atoms with E-state index in [1.807, 2.05) is 24.5 Å². The zero-order valence-corrected chi connectivity index (χ0v) is 15.3. The number of piperazine rings is 1. The van der Waals surface area contributed by atoms with Crippen molar-refractivity contribution in [3.05, 3.63) is 81.3 Å². The molecule has 0 radical (unpaired) electrons. The van der Waals surface area contributed by atoms with E-state index in [1.54, 1.807) is 0 Å². The van der Waals surface area contributed by atoms with Crippen LogP contribution in [-0.4, -0.2) is 45.2 Å². The van der Waals surface area contributed by atoms with E-state index in [2.05, 4.69) is 43.6 Å². The van der Waals surface area contributed by atoms with Crippen molar-refractivity contribution in [3.8, 4) is 5.69 Å². The Hall–Kier alpha value is -3.06. The second-order valence-corrected chi connectivity index (χ2v) is 6.88. The van der Waals surface area contributed by atoms with Crippen molar-refractivity contribution in [1.29, 1.82) is 0 Å². The van der Waals surface area contributed by atoms with Crippen LogP contribution in [0.2, 0.25) is 0 Å². The molecule has 0 amide bonds. The number of nitrogens with one attached hydrogen (secondary N) is 1. The van der Waals surface area contributed by atoms with Crippen molar-refractivity contribution in [1.82, 2.24) is 19.0 Å². The van der Waals surface area contributed by atoms with Gasteiger partial charge in [-0.25, -0.2) is 4.79 Å². The summed E-state index contributed by atoms with van der Waals surface area (Å²) in [5.41, 5.74) is 1.78. The van der Waals surface area contributed by atoms with E-state index < -0.39 is 0 Å². The molecule has 27 heavy (non-hydrogen) atoms. The molecule has 140 valence electrons. The Labute approximate surface area is 157 Å². The summed E-state index contributed by atoms with van der Waals surface area (Å²) in [5.74, 6) is 0.610. The lowest BCUT2D eigenvalue weighted by Crippen LogP contribution is -2.47. The van der Waals surface area contributed by atoms with Gasteiger partial charge in [0.25, 0.3) is 5.56 Å². The van der Waals surface area contributed by atoms with E-state index in [-0.39, 0.29) is 11.2 Å². The number of aromatic nitrogens is 3. The minimum atomic E-state index is -0.372. The van der Waals surface area contributed by atoms with Gasteiger partial charge in [-0.15, -0.1) is 0 Å². The summed E-state index contributed by atoms with van der Waals surface area (Å²) in [7, 11) is 1.48. The highest BCUT2D eigenvalue weighted by atomic mass is 16.2. The van der Waals surface area contributed by atoms with Crippen molar-refractivity contribution in [2.75, 3.05) is 31.1 Å². The molecule has 1 aliphatic heterocycles. The van der Waals surface area contributed by atoms with Crippen LogP contribution < -0.4 is 16.1 Å². The van der Waals surface area contributed by atoms with Gasteiger partial charge in [-0.2, -0.15) is 0 Å². The van der Waals surface area contributed by atoms with Crippen molar-refractivity contribution < 1.29 is 0 Å². The maximum absolute atomic E-state index is 11.8. The van der Waals surface area contributed by atoms with Crippen LogP contribution in [0.1, 0.15) is 5.56 Å². The number of aromatic amines is 1. The average molecular weight is 365 g/mol. The predicted octanol–water partition coefficient (Wildman–Crippen LogP) is 1.19. The first-order chi connectivity index (χ1) is 13.1. The Morgan fingerprint density at radius 3 is 2.26 bits per heavy atom. The SMILES string of the molecule is Cn1c(=O)cc(N2CCN(Cc3ccc(-n4cccc4)cc3)CC2)[nH]c1=O. The van der Waals surface area contributed by atoms with Crippen LogP contribution in [0.25, 0.3) is 5.69 Å². The summed E-state index contributed by atoms with van der Waals surface area (Å²) in [6.45, 7) is 4.23. The molecule has 0 spiro atoms. The first-order valence-corrected chi connectivity index (χ1v) is 9.10. The van der Waals surface area contributed by atoms with Gasteiger partial charge in [0.1, 0.15) is 5.82 Å². The molecule has 0 unspecified atom stereocenters. The van der Waals surface area contributed by atoms with Crippen LogP contribution in [0.3, 0.4) is 0 Å². The molecule has 1 N–H and O–H groups in total. The molecule has 7 nitrogen and oxygen atoms in total. The maximum Gasteiger partial charge on any atom is 0.329 e. The molecule has 0 saturated carbocycles. The Balaban J connectivity index is 1.37. The Morgan fingerprint density at radius 1 is 0.963 bits per heavy atom. The standard InChI is InChI=1S/C20H23N5O2/c1-22-19(26)14-18(21-20(22)27)25-12-10-23(11-13-25)15-16-4-6-17(7-5-16)24-8-2-3-9-24/h2-9,14H,10-13,15H2,1H3,(H,21,27). The number of nitrogens with zero attached hydrogens (tertiary/aromatic N) is 4. The summed E-state index contributed by atoms with van der Waals surface area (Å²) in [5, 5.41) is 0. The number of hydrogen-bond donors (Lipinski definition) is 1. The second kappa shape index (κ2) is 7.28. The van der Waals surface area contributed by atoms with E-state index in [4.69, 9.17) is 0 Å². The first-order valence-electron chi connectivity index (χ1n) is 9.10. The highest BCUT2D eigenvalue weighted by Crippen LogP contribution is 2.15. The van der Waals surface area contributed by atoms with E-state index >= 15 is 0 Å². The third kappa shape index (κ3) is 3.73. The highest BCUT2D eigenvalue weighted by Gasteiger charge is 2.18. The van der Waals surface area contributed by atoms with Gasteiger partial charge in [-0.1, -0.05) is 12.1 Å². The zero-order chi connectivity index (χ0) is 18.8. The van der Waals surface area contributed by atoms with Gasteiger partial charge < -0.3 is 9.47 Å². The molecule has 4 rings (SSSR count). The van der Waals surface area contributed by atoms with Gasteiger partial charge >= 0.3 is 5.69 Å². The molecule has 1 saturated heterocycles. The van der Waals surface area contributed by atoms with Crippen LogP contribution in [-0.2, 0) is 13.6 Å². The lowest BCUT2D eigenvalue weighted by molar-refractivity contribution is 0.249. The minimum absolute atomic E-state index is 0.279. The fourth-order valence-corrected chi connectivity index (χ4v) is 3.40. The molecule has 1 aliphatic rings. The van der Waals surface area contributed by atoms with Gasteiger partial charge in [-0.05, 0) is 29.8 Å². The molecule has 1 fully saturated rings. The highest BCUT2D eigenvalue weighted by molar-refractivity contribution is 5.38. The summed E-state index contributed by atoms with van der Waals surface area (Å²) in [4.78, 5) is 30.9. The first kappa shape index (κ1) is 17.4. The van der Waals surface area contributed by atoms with Crippen molar-refractivity contribution >= 4 is 5.82 Å². The Bertz CT molecular complexity index is 979. The van der Waals surface area contributed by atoms with Gasteiger partial charge in [0.05, 0.1) is 0 Å². The van der Waals surface area contributed by atoms with Gasteiger partial charge in [0.2, 0.25) is 0 Å². The number of hydrogen-bond acceptors (Lipinski definition) is 4. The third-order valence-electron chi connectivity index (χ3n) is 5.09. The Kier molecular flexibility index (Phi) is 4.68. The van der Waals surface area contributed by atoms with E-state index in [0.29, 0.717) is 5.82 Å². The fraction of sp³-hybridized carbons (Fsp3) is 0.300. The molecule has 0 aliphatic carbocycles. The molecule has 2 aromatic heterocycles. The number of H-pyrrole nitrogens is 1. The van der Waals surface area contributed by atoms with Crippen LogP contribution in [0, 0.1) is 0 Å². The zero-order valence-electron chi connectivity index (χ0n) is 15.3. The maximum atomic E-state index is 11.8. The third-order valence-corrected chi connectivity index (χ3v) is 5.09. The number of benzene rings is 1. The van der Waals surface area contributed by atoms with Gasteiger partial charge in [0, 0.05) is 63.9 Å². The topological polar surface area (TPSA) is 66.3 Å². The Morgan fingerprint density at radius 2 is 1.63 bits per heavy atom.